The van der Waals surface area contributed by atoms with E-state index < -0.39 is 11.6 Å². The van der Waals surface area contributed by atoms with Gasteiger partial charge in [0, 0.05) is 38.2 Å². The molecule has 0 bridgehead atoms. The molecule has 1 fully saturated rings. The number of rotatable bonds is 3. The Labute approximate surface area is 220 Å². The molecule has 2 atom stereocenters. The Kier molecular flexibility index (Phi) is 17.2. The summed E-state index contributed by atoms with van der Waals surface area (Å²) in [4.78, 5) is 12.8. The number of halogens is 4. The van der Waals surface area contributed by atoms with E-state index in [1.165, 1.54) is 32.3 Å². The molecular formula is C28H40Cl2F2N2O. The van der Waals surface area contributed by atoms with Gasteiger partial charge in [-0.3, -0.25) is 4.79 Å². The lowest BCUT2D eigenvalue weighted by Crippen LogP contribution is -2.32. The van der Waals surface area contributed by atoms with Crippen LogP contribution in [-0.4, -0.2) is 23.9 Å². The number of hydrogen-bond acceptors (Lipinski definition) is 2. The Balaban J connectivity index is 0.000000698. The van der Waals surface area contributed by atoms with Gasteiger partial charge in [0.15, 0.2) is 11.6 Å². The van der Waals surface area contributed by atoms with Crippen LogP contribution in [-0.2, 0) is 4.79 Å². The zero-order chi connectivity index (χ0) is 27.0. The number of nitrogens with zero attached hydrogens (tertiary/aromatic N) is 1. The van der Waals surface area contributed by atoms with E-state index >= 15 is 0 Å². The SMILES string of the molecule is C/C=C(Cl)\C(=C(\Cl)C#CCC)N1CCC(C)CCC(C)C1.CC.CC(=O)Nc1ccc(F)c(F)c1. The van der Waals surface area contributed by atoms with E-state index in [9.17, 15) is 13.6 Å². The van der Waals surface area contributed by atoms with Crippen molar-refractivity contribution in [2.24, 2.45) is 11.8 Å². The molecule has 1 saturated heterocycles. The summed E-state index contributed by atoms with van der Waals surface area (Å²) in [7, 11) is 0. The maximum absolute atomic E-state index is 12.5. The van der Waals surface area contributed by atoms with Crippen LogP contribution < -0.4 is 5.32 Å². The largest absolute Gasteiger partial charge is 0.368 e. The molecule has 1 amide bonds. The van der Waals surface area contributed by atoms with Crippen LogP contribution in [0.1, 0.15) is 74.1 Å². The van der Waals surface area contributed by atoms with Gasteiger partial charge in [0.25, 0.3) is 0 Å². The summed E-state index contributed by atoms with van der Waals surface area (Å²) in [6, 6.07) is 3.18. The summed E-state index contributed by atoms with van der Waals surface area (Å²) in [5.74, 6) is 5.26. The van der Waals surface area contributed by atoms with E-state index in [0.717, 1.165) is 43.3 Å². The molecule has 196 valence electrons. The van der Waals surface area contributed by atoms with Gasteiger partial charge in [-0.15, -0.1) is 0 Å². The van der Waals surface area contributed by atoms with Gasteiger partial charge in [0.05, 0.1) is 10.7 Å². The molecule has 0 radical (unpaired) electrons. The third-order valence-electron chi connectivity index (χ3n) is 5.19. The number of carbonyl (C=O) groups is 1. The van der Waals surface area contributed by atoms with Crippen LogP contribution in [0.4, 0.5) is 14.5 Å². The molecule has 3 nitrogen and oxygen atoms in total. The molecule has 1 aromatic rings. The third kappa shape index (κ3) is 13.0. The number of amides is 1. The van der Waals surface area contributed by atoms with Crippen LogP contribution in [0.5, 0.6) is 0 Å². The molecule has 0 aliphatic carbocycles. The molecule has 0 saturated carbocycles. The Hall–Kier alpha value is -2.03. The lowest BCUT2D eigenvalue weighted by atomic mass is 9.92. The summed E-state index contributed by atoms with van der Waals surface area (Å²) in [5.41, 5.74) is 1.16. The zero-order valence-corrected chi connectivity index (χ0v) is 23.6. The van der Waals surface area contributed by atoms with E-state index in [0.29, 0.717) is 16.0 Å². The molecule has 1 N–H and O–H groups in total. The Bertz CT molecular complexity index is 919. The van der Waals surface area contributed by atoms with Gasteiger partial charge >= 0.3 is 0 Å². The first kappa shape index (κ1) is 33.0. The molecule has 35 heavy (non-hydrogen) atoms. The van der Waals surface area contributed by atoms with Gasteiger partial charge in [-0.25, -0.2) is 8.78 Å². The van der Waals surface area contributed by atoms with E-state index in [2.05, 4.69) is 35.9 Å². The number of anilines is 1. The molecule has 1 aliphatic heterocycles. The van der Waals surface area contributed by atoms with Crippen molar-refractivity contribution in [2.75, 3.05) is 18.4 Å². The van der Waals surface area contributed by atoms with Crippen LogP contribution in [0.15, 0.2) is 40.0 Å². The highest BCUT2D eigenvalue weighted by Gasteiger charge is 2.22. The van der Waals surface area contributed by atoms with Crippen LogP contribution in [0.3, 0.4) is 0 Å². The first-order valence-corrected chi connectivity index (χ1v) is 13.0. The number of likely N-dealkylation sites (tertiary alicyclic amines) is 1. The number of benzene rings is 1. The second-order valence-electron chi connectivity index (χ2n) is 8.29. The summed E-state index contributed by atoms with van der Waals surface area (Å²) in [5, 5.41) is 3.60. The number of nitrogens with one attached hydrogen (secondary N) is 1. The van der Waals surface area contributed by atoms with Crippen molar-refractivity contribution < 1.29 is 13.6 Å². The molecule has 0 aromatic heterocycles. The van der Waals surface area contributed by atoms with E-state index in [-0.39, 0.29) is 11.6 Å². The summed E-state index contributed by atoms with van der Waals surface area (Å²) < 4.78 is 24.9. The van der Waals surface area contributed by atoms with Crippen LogP contribution in [0.25, 0.3) is 0 Å². The number of hydrogen-bond donors (Lipinski definition) is 1. The average Bonchev–Trinajstić information content (AvgIpc) is 2.82. The lowest BCUT2D eigenvalue weighted by Gasteiger charge is -2.34. The summed E-state index contributed by atoms with van der Waals surface area (Å²) >= 11 is 12.9. The van der Waals surface area contributed by atoms with Gasteiger partial charge < -0.3 is 10.2 Å². The normalized spacial score (nSPS) is 18.7. The summed E-state index contributed by atoms with van der Waals surface area (Å²) in [6.45, 7) is 15.9. The Morgan fingerprint density at radius 2 is 1.77 bits per heavy atom. The number of carbonyl (C=O) groups excluding carboxylic acids is 1. The maximum atomic E-state index is 12.5. The highest BCUT2D eigenvalue weighted by Crippen LogP contribution is 2.30. The predicted octanol–water partition coefficient (Wildman–Crippen LogP) is 8.70. The van der Waals surface area contributed by atoms with Crippen molar-refractivity contribution >= 4 is 34.8 Å². The van der Waals surface area contributed by atoms with Gasteiger partial charge in [-0.1, -0.05) is 82.2 Å². The average molecular weight is 530 g/mol. The first-order valence-electron chi connectivity index (χ1n) is 12.3. The molecule has 0 spiro atoms. The van der Waals surface area contributed by atoms with Crippen LogP contribution in [0, 0.1) is 35.3 Å². The van der Waals surface area contributed by atoms with E-state index in [1.54, 1.807) is 0 Å². The number of allylic oxidation sites excluding steroid dienone is 3. The first-order chi connectivity index (χ1) is 16.6. The lowest BCUT2D eigenvalue weighted by molar-refractivity contribution is -0.114. The second-order valence-corrected chi connectivity index (χ2v) is 9.07. The predicted molar refractivity (Wildman–Crippen MR) is 146 cm³/mol. The molecular weight excluding hydrogens is 489 g/mol. The molecule has 1 aromatic carbocycles. The van der Waals surface area contributed by atoms with Crippen molar-refractivity contribution in [3.63, 3.8) is 0 Å². The summed E-state index contributed by atoms with van der Waals surface area (Å²) in [6.07, 6.45) is 6.45. The molecule has 2 rings (SSSR count). The molecule has 1 aliphatic rings. The molecule has 7 heteroatoms. The maximum Gasteiger partial charge on any atom is 0.221 e. The topological polar surface area (TPSA) is 32.3 Å². The van der Waals surface area contributed by atoms with Gasteiger partial charge in [-0.2, -0.15) is 0 Å². The van der Waals surface area contributed by atoms with Crippen molar-refractivity contribution in [3.05, 3.63) is 51.7 Å². The minimum absolute atomic E-state index is 0.251. The quantitative estimate of drug-likeness (QED) is 0.314. The fourth-order valence-electron chi connectivity index (χ4n) is 3.39. The van der Waals surface area contributed by atoms with Gasteiger partial charge in [0.1, 0.15) is 5.03 Å². The Morgan fingerprint density at radius 1 is 1.14 bits per heavy atom. The van der Waals surface area contributed by atoms with Crippen molar-refractivity contribution in [2.45, 2.75) is 74.1 Å². The fourth-order valence-corrected chi connectivity index (χ4v) is 3.94. The Morgan fingerprint density at radius 3 is 2.31 bits per heavy atom. The smallest absolute Gasteiger partial charge is 0.221 e. The fraction of sp³-hybridized carbons (Fsp3) is 0.536. The van der Waals surface area contributed by atoms with Gasteiger partial charge in [0.2, 0.25) is 5.91 Å². The highest BCUT2D eigenvalue weighted by molar-refractivity contribution is 6.36. The second kappa shape index (κ2) is 18.3. The zero-order valence-electron chi connectivity index (χ0n) is 22.1. The molecule has 2 unspecified atom stereocenters. The van der Waals surface area contributed by atoms with Crippen molar-refractivity contribution in [1.82, 2.24) is 4.90 Å². The van der Waals surface area contributed by atoms with Crippen molar-refractivity contribution in [3.8, 4) is 11.8 Å². The van der Waals surface area contributed by atoms with E-state index in [1.807, 2.05) is 33.8 Å². The monoisotopic (exact) mass is 528 g/mol. The van der Waals surface area contributed by atoms with Crippen LogP contribution >= 0.6 is 23.2 Å². The minimum atomic E-state index is -0.971. The van der Waals surface area contributed by atoms with Crippen LogP contribution in [0.2, 0.25) is 0 Å². The third-order valence-corrected chi connectivity index (χ3v) is 5.87. The van der Waals surface area contributed by atoms with Gasteiger partial charge in [-0.05, 0) is 43.7 Å². The minimum Gasteiger partial charge on any atom is -0.368 e. The van der Waals surface area contributed by atoms with E-state index in [4.69, 9.17) is 23.2 Å². The molecule has 1 heterocycles. The highest BCUT2D eigenvalue weighted by atomic mass is 35.5. The standard InChI is InChI=1S/C18H27Cl2N.C8H7F2NO.C2H6/c1-5-7-8-17(20)18(16(19)6-2)21-12-11-14(3)9-10-15(4)13-21;1-5(12)11-6-2-3-7(9)8(10)4-6;1-2/h6,14-15H,5,9-13H2,1-4H3;2-4H,1H3,(H,11,12);1-2H3/b16-6+,18-17-;;. The van der Waals surface area contributed by atoms with Crippen molar-refractivity contribution in [1.29, 1.82) is 0 Å².